The molecule has 0 amide bonds. The van der Waals surface area contributed by atoms with E-state index in [0.717, 1.165) is 26.4 Å². The predicted octanol–water partition coefficient (Wildman–Crippen LogP) is 4.10. The van der Waals surface area contributed by atoms with Crippen molar-refractivity contribution in [1.82, 2.24) is 19.8 Å². The largest absolute Gasteiger partial charge is 0.234 e. The minimum Gasteiger partial charge on any atom is -0.187 e. The van der Waals surface area contributed by atoms with Gasteiger partial charge < -0.3 is 0 Å². The molecule has 0 spiro atoms. The lowest BCUT2D eigenvalue weighted by atomic mass is 10.1. The fourth-order valence-corrected chi connectivity index (χ4v) is 3.24. The summed E-state index contributed by atoms with van der Waals surface area (Å²) >= 11 is 7.45. The van der Waals surface area contributed by atoms with Crippen LogP contribution in [0.5, 0.6) is 0 Å². The average molecular weight is 327 g/mol. The van der Waals surface area contributed by atoms with Crippen molar-refractivity contribution < 1.29 is 0 Å². The second-order valence-electron chi connectivity index (χ2n) is 4.89. The first-order chi connectivity index (χ1) is 10.8. The van der Waals surface area contributed by atoms with Gasteiger partial charge in [0.1, 0.15) is 5.01 Å². The molecule has 108 valence electrons. The van der Waals surface area contributed by atoms with Gasteiger partial charge >= 0.3 is 0 Å². The Morgan fingerprint density at radius 3 is 2.50 bits per heavy atom. The van der Waals surface area contributed by atoms with Crippen molar-refractivity contribution >= 4 is 27.9 Å². The van der Waals surface area contributed by atoms with Gasteiger partial charge in [0.05, 0.1) is 0 Å². The molecule has 0 aliphatic carbocycles. The molecule has 0 radical (unpaired) electrons. The molecule has 2 aromatic carbocycles. The maximum Gasteiger partial charge on any atom is 0.234 e. The highest BCUT2D eigenvalue weighted by atomic mass is 35.5. The third kappa shape index (κ3) is 2.49. The standard InChI is InChI=1S/C16H11ClN4S/c17-13-8-6-12(7-9-13)15-20-21-14(18-19-16(21)22-15)10-11-4-2-1-3-5-11/h1-9H,10H2. The van der Waals surface area contributed by atoms with E-state index in [1.165, 1.54) is 16.9 Å². The van der Waals surface area contributed by atoms with E-state index in [2.05, 4.69) is 27.4 Å². The molecule has 22 heavy (non-hydrogen) atoms. The molecule has 6 heteroatoms. The number of nitrogens with zero attached hydrogens (tertiary/aromatic N) is 4. The first-order valence-corrected chi connectivity index (χ1v) is 8.00. The Kier molecular flexibility index (Phi) is 3.36. The lowest BCUT2D eigenvalue weighted by Crippen LogP contribution is -1.97. The number of benzene rings is 2. The molecule has 0 bridgehead atoms. The summed E-state index contributed by atoms with van der Waals surface area (Å²) < 4.78 is 1.82. The van der Waals surface area contributed by atoms with Crippen molar-refractivity contribution in [1.29, 1.82) is 0 Å². The molecule has 0 unspecified atom stereocenters. The van der Waals surface area contributed by atoms with Gasteiger partial charge in [-0.25, -0.2) is 0 Å². The lowest BCUT2D eigenvalue weighted by Gasteiger charge is -1.98. The molecule has 0 saturated heterocycles. The van der Waals surface area contributed by atoms with Crippen molar-refractivity contribution in [3.63, 3.8) is 0 Å². The van der Waals surface area contributed by atoms with Crippen LogP contribution in [-0.2, 0) is 6.42 Å². The van der Waals surface area contributed by atoms with Gasteiger partial charge in [-0.15, -0.1) is 10.2 Å². The van der Waals surface area contributed by atoms with E-state index in [9.17, 15) is 0 Å². The van der Waals surface area contributed by atoms with E-state index in [4.69, 9.17) is 11.6 Å². The number of rotatable bonds is 3. The number of halogens is 1. The van der Waals surface area contributed by atoms with E-state index in [1.807, 2.05) is 47.0 Å². The van der Waals surface area contributed by atoms with Crippen LogP contribution in [0.1, 0.15) is 11.4 Å². The van der Waals surface area contributed by atoms with Crippen molar-refractivity contribution in [3.8, 4) is 10.6 Å². The summed E-state index contributed by atoms with van der Waals surface area (Å²) in [5.74, 6) is 0.845. The van der Waals surface area contributed by atoms with Crippen LogP contribution in [0, 0.1) is 0 Å². The van der Waals surface area contributed by atoms with E-state index >= 15 is 0 Å². The van der Waals surface area contributed by atoms with Crippen LogP contribution >= 0.6 is 22.9 Å². The first kappa shape index (κ1) is 13.4. The maximum absolute atomic E-state index is 5.93. The van der Waals surface area contributed by atoms with Crippen molar-refractivity contribution in [3.05, 3.63) is 71.0 Å². The third-order valence-electron chi connectivity index (χ3n) is 3.35. The average Bonchev–Trinajstić information content (AvgIpc) is 3.11. The Bertz CT molecular complexity index is 912. The summed E-state index contributed by atoms with van der Waals surface area (Å²) in [7, 11) is 0. The zero-order valence-corrected chi connectivity index (χ0v) is 13.1. The van der Waals surface area contributed by atoms with Gasteiger partial charge in [0.15, 0.2) is 5.82 Å². The summed E-state index contributed by atoms with van der Waals surface area (Å²) in [6.07, 6.45) is 0.714. The quantitative estimate of drug-likeness (QED) is 0.569. The van der Waals surface area contributed by atoms with E-state index in [0.29, 0.717) is 6.42 Å². The van der Waals surface area contributed by atoms with Crippen LogP contribution in [0.4, 0.5) is 0 Å². The monoisotopic (exact) mass is 326 g/mol. The summed E-state index contributed by atoms with van der Waals surface area (Å²) in [5.41, 5.74) is 2.23. The van der Waals surface area contributed by atoms with Gasteiger partial charge in [0.25, 0.3) is 0 Å². The molecule has 0 aliphatic heterocycles. The van der Waals surface area contributed by atoms with Crippen LogP contribution in [0.25, 0.3) is 15.5 Å². The fraction of sp³-hybridized carbons (Fsp3) is 0.0625. The zero-order valence-electron chi connectivity index (χ0n) is 11.5. The van der Waals surface area contributed by atoms with E-state index < -0.39 is 0 Å². The summed E-state index contributed by atoms with van der Waals surface area (Å²) in [5, 5.41) is 14.7. The molecule has 2 aromatic heterocycles. The SMILES string of the molecule is Clc1ccc(-c2nn3c(Cc4ccccc4)nnc3s2)cc1. The molecule has 0 aliphatic rings. The molecule has 4 aromatic rings. The highest BCUT2D eigenvalue weighted by molar-refractivity contribution is 7.19. The Balaban J connectivity index is 1.71. The van der Waals surface area contributed by atoms with E-state index in [-0.39, 0.29) is 0 Å². The number of aromatic nitrogens is 4. The van der Waals surface area contributed by atoms with Crippen LogP contribution in [0.2, 0.25) is 5.02 Å². The highest BCUT2D eigenvalue weighted by Gasteiger charge is 2.13. The van der Waals surface area contributed by atoms with Gasteiger partial charge in [0, 0.05) is 17.0 Å². The third-order valence-corrected chi connectivity index (χ3v) is 4.55. The Morgan fingerprint density at radius 2 is 1.73 bits per heavy atom. The van der Waals surface area contributed by atoms with Crippen molar-refractivity contribution in [2.45, 2.75) is 6.42 Å². The van der Waals surface area contributed by atoms with E-state index in [1.54, 1.807) is 0 Å². The normalized spacial score (nSPS) is 11.1. The van der Waals surface area contributed by atoms with Crippen LogP contribution in [0.15, 0.2) is 54.6 Å². The fourth-order valence-electron chi connectivity index (χ4n) is 2.26. The molecule has 0 atom stereocenters. The summed E-state index contributed by atoms with van der Waals surface area (Å²) in [6.45, 7) is 0. The first-order valence-electron chi connectivity index (χ1n) is 6.80. The summed E-state index contributed by atoms with van der Waals surface area (Å²) in [6, 6.07) is 17.9. The molecule has 0 N–H and O–H groups in total. The Morgan fingerprint density at radius 1 is 0.955 bits per heavy atom. The number of hydrogen-bond donors (Lipinski definition) is 0. The van der Waals surface area contributed by atoms with Gasteiger partial charge in [-0.05, 0) is 17.7 Å². The number of hydrogen-bond acceptors (Lipinski definition) is 4. The zero-order chi connectivity index (χ0) is 14.9. The lowest BCUT2D eigenvalue weighted by molar-refractivity contribution is 0.854. The molecular formula is C16H11ClN4S. The predicted molar refractivity (Wildman–Crippen MR) is 88.4 cm³/mol. The molecule has 0 saturated carbocycles. The van der Waals surface area contributed by atoms with Crippen LogP contribution in [0.3, 0.4) is 0 Å². The Labute approximate surface area is 136 Å². The minimum absolute atomic E-state index is 0.714. The summed E-state index contributed by atoms with van der Waals surface area (Å²) in [4.78, 5) is 0.802. The van der Waals surface area contributed by atoms with Gasteiger partial charge in [-0.2, -0.15) is 9.61 Å². The van der Waals surface area contributed by atoms with Crippen LogP contribution < -0.4 is 0 Å². The maximum atomic E-state index is 5.93. The minimum atomic E-state index is 0.714. The van der Waals surface area contributed by atoms with Gasteiger partial charge in [-0.1, -0.05) is 65.4 Å². The Hall–Kier alpha value is -2.24. The molecular weight excluding hydrogens is 316 g/mol. The molecule has 4 rings (SSSR count). The highest BCUT2D eigenvalue weighted by Crippen LogP contribution is 2.26. The smallest absolute Gasteiger partial charge is 0.187 e. The molecule has 2 heterocycles. The second-order valence-corrected chi connectivity index (χ2v) is 6.28. The second kappa shape index (κ2) is 5.51. The number of fused-ring (bicyclic) bond motifs is 1. The molecule has 0 fully saturated rings. The van der Waals surface area contributed by atoms with Crippen LogP contribution in [-0.4, -0.2) is 19.8 Å². The van der Waals surface area contributed by atoms with Gasteiger partial charge in [0.2, 0.25) is 4.96 Å². The van der Waals surface area contributed by atoms with Crippen molar-refractivity contribution in [2.24, 2.45) is 0 Å². The molecule has 4 nitrogen and oxygen atoms in total. The van der Waals surface area contributed by atoms with Gasteiger partial charge in [-0.3, -0.25) is 0 Å². The van der Waals surface area contributed by atoms with Crippen molar-refractivity contribution in [2.75, 3.05) is 0 Å². The topological polar surface area (TPSA) is 43.1 Å².